The standard InChI is InChI=1S/C16H16BrNO2/c1-11-8-14(17)6-7-15(11)16(20)18-9-12-4-2-3-5-13(12)10-19/h2-8,19H,9-10H2,1H3,(H,18,20). The lowest BCUT2D eigenvalue weighted by Crippen LogP contribution is -2.24. The number of halogens is 1. The molecule has 0 spiro atoms. The molecule has 2 rings (SSSR count). The smallest absolute Gasteiger partial charge is 0.251 e. The first-order valence-corrected chi connectivity index (χ1v) is 7.13. The summed E-state index contributed by atoms with van der Waals surface area (Å²) in [4.78, 5) is 12.2. The minimum Gasteiger partial charge on any atom is -0.392 e. The largest absolute Gasteiger partial charge is 0.392 e. The molecule has 0 atom stereocenters. The van der Waals surface area contributed by atoms with E-state index >= 15 is 0 Å². The molecule has 0 saturated carbocycles. The van der Waals surface area contributed by atoms with Crippen LogP contribution in [0.1, 0.15) is 27.0 Å². The van der Waals surface area contributed by atoms with Gasteiger partial charge >= 0.3 is 0 Å². The molecule has 0 aliphatic carbocycles. The Balaban J connectivity index is 2.09. The number of carbonyl (C=O) groups is 1. The first kappa shape index (κ1) is 14.8. The Kier molecular flexibility index (Phi) is 4.93. The van der Waals surface area contributed by atoms with Gasteiger partial charge in [0.05, 0.1) is 6.61 Å². The van der Waals surface area contributed by atoms with E-state index in [-0.39, 0.29) is 12.5 Å². The second kappa shape index (κ2) is 6.68. The molecule has 104 valence electrons. The van der Waals surface area contributed by atoms with Gasteiger partial charge in [-0.25, -0.2) is 0 Å². The van der Waals surface area contributed by atoms with Gasteiger partial charge in [0.25, 0.3) is 5.91 Å². The fourth-order valence-corrected chi connectivity index (χ4v) is 2.51. The molecule has 1 amide bonds. The van der Waals surface area contributed by atoms with Crippen molar-refractivity contribution in [2.45, 2.75) is 20.1 Å². The number of amides is 1. The summed E-state index contributed by atoms with van der Waals surface area (Å²) in [5, 5.41) is 12.1. The highest BCUT2D eigenvalue weighted by atomic mass is 79.9. The third-order valence-corrected chi connectivity index (χ3v) is 3.65. The summed E-state index contributed by atoms with van der Waals surface area (Å²) in [5.74, 6) is -0.109. The maximum atomic E-state index is 12.2. The number of nitrogens with one attached hydrogen (secondary N) is 1. The van der Waals surface area contributed by atoms with Crippen LogP contribution in [-0.2, 0) is 13.2 Å². The molecule has 20 heavy (non-hydrogen) atoms. The van der Waals surface area contributed by atoms with Crippen molar-refractivity contribution in [1.82, 2.24) is 5.32 Å². The van der Waals surface area contributed by atoms with Crippen LogP contribution in [0.5, 0.6) is 0 Å². The van der Waals surface area contributed by atoms with Gasteiger partial charge in [-0.2, -0.15) is 0 Å². The molecule has 0 bridgehead atoms. The summed E-state index contributed by atoms with van der Waals surface area (Å²) in [6.45, 7) is 2.29. The van der Waals surface area contributed by atoms with Gasteiger partial charge in [-0.05, 0) is 41.8 Å². The highest BCUT2D eigenvalue weighted by molar-refractivity contribution is 9.10. The predicted molar refractivity (Wildman–Crippen MR) is 82.4 cm³/mol. The van der Waals surface area contributed by atoms with Crippen molar-refractivity contribution in [3.63, 3.8) is 0 Å². The molecule has 3 nitrogen and oxygen atoms in total. The topological polar surface area (TPSA) is 49.3 Å². The number of aryl methyl sites for hydroxylation is 1. The van der Waals surface area contributed by atoms with Gasteiger partial charge in [-0.1, -0.05) is 40.2 Å². The van der Waals surface area contributed by atoms with Crippen molar-refractivity contribution in [1.29, 1.82) is 0 Å². The third kappa shape index (κ3) is 3.46. The molecular weight excluding hydrogens is 318 g/mol. The average Bonchev–Trinajstić information content (AvgIpc) is 2.45. The van der Waals surface area contributed by atoms with Gasteiger partial charge in [0.2, 0.25) is 0 Å². The lowest BCUT2D eigenvalue weighted by Gasteiger charge is -2.10. The lowest BCUT2D eigenvalue weighted by atomic mass is 10.1. The molecule has 4 heteroatoms. The maximum Gasteiger partial charge on any atom is 0.251 e. The molecule has 0 fully saturated rings. The van der Waals surface area contributed by atoms with E-state index in [1.165, 1.54) is 0 Å². The zero-order valence-corrected chi connectivity index (χ0v) is 12.8. The SMILES string of the molecule is Cc1cc(Br)ccc1C(=O)NCc1ccccc1CO. The van der Waals surface area contributed by atoms with Gasteiger partial charge in [0, 0.05) is 16.6 Å². The van der Waals surface area contributed by atoms with Gasteiger partial charge < -0.3 is 10.4 Å². The molecule has 0 aromatic heterocycles. The molecule has 2 aromatic carbocycles. The number of carbonyl (C=O) groups excluding carboxylic acids is 1. The Bertz CT molecular complexity index is 626. The third-order valence-electron chi connectivity index (χ3n) is 3.16. The molecule has 0 heterocycles. The van der Waals surface area contributed by atoms with E-state index < -0.39 is 0 Å². The fraction of sp³-hybridized carbons (Fsp3) is 0.188. The van der Waals surface area contributed by atoms with E-state index in [4.69, 9.17) is 0 Å². The number of aliphatic hydroxyl groups excluding tert-OH is 1. The van der Waals surface area contributed by atoms with E-state index in [0.717, 1.165) is 21.2 Å². The molecule has 2 aromatic rings. The first-order valence-electron chi connectivity index (χ1n) is 6.34. The Hall–Kier alpha value is -1.65. The van der Waals surface area contributed by atoms with Gasteiger partial charge in [0.1, 0.15) is 0 Å². The van der Waals surface area contributed by atoms with Crippen LogP contribution in [0.2, 0.25) is 0 Å². The van der Waals surface area contributed by atoms with Crippen molar-refractivity contribution in [2.75, 3.05) is 0 Å². The zero-order valence-electron chi connectivity index (χ0n) is 11.2. The number of rotatable bonds is 4. The van der Waals surface area contributed by atoms with Gasteiger partial charge in [-0.15, -0.1) is 0 Å². The minimum absolute atomic E-state index is 0.0244. The lowest BCUT2D eigenvalue weighted by molar-refractivity contribution is 0.0950. The van der Waals surface area contributed by atoms with Crippen molar-refractivity contribution in [3.05, 3.63) is 69.2 Å². The molecular formula is C16H16BrNO2. The Labute approximate surface area is 126 Å². The van der Waals surface area contributed by atoms with Crippen LogP contribution in [0.4, 0.5) is 0 Å². The quantitative estimate of drug-likeness (QED) is 0.902. The Morgan fingerprint density at radius 1 is 1.20 bits per heavy atom. The Morgan fingerprint density at radius 3 is 2.55 bits per heavy atom. The maximum absolute atomic E-state index is 12.2. The van der Waals surface area contributed by atoms with Crippen molar-refractivity contribution in [2.24, 2.45) is 0 Å². The molecule has 0 radical (unpaired) electrons. The summed E-state index contributed by atoms with van der Waals surface area (Å²) in [6, 6.07) is 13.1. The van der Waals surface area contributed by atoms with Crippen molar-refractivity contribution < 1.29 is 9.90 Å². The number of aliphatic hydroxyl groups is 1. The van der Waals surface area contributed by atoms with Crippen LogP contribution >= 0.6 is 15.9 Å². The number of benzene rings is 2. The number of hydrogen-bond acceptors (Lipinski definition) is 2. The predicted octanol–water partition coefficient (Wildman–Crippen LogP) is 3.18. The van der Waals surface area contributed by atoms with Crippen LogP contribution in [0, 0.1) is 6.92 Å². The summed E-state index contributed by atoms with van der Waals surface area (Å²) < 4.78 is 0.956. The van der Waals surface area contributed by atoms with E-state index in [2.05, 4.69) is 21.2 Å². The van der Waals surface area contributed by atoms with Crippen LogP contribution in [0.3, 0.4) is 0 Å². The van der Waals surface area contributed by atoms with Gasteiger partial charge in [0.15, 0.2) is 0 Å². The average molecular weight is 334 g/mol. The van der Waals surface area contributed by atoms with Crippen LogP contribution in [0.25, 0.3) is 0 Å². The molecule has 0 aliphatic heterocycles. The summed E-state index contributed by atoms with van der Waals surface area (Å²) >= 11 is 3.38. The van der Waals surface area contributed by atoms with E-state index in [1.807, 2.05) is 43.3 Å². The zero-order chi connectivity index (χ0) is 14.5. The second-order valence-electron chi connectivity index (χ2n) is 4.57. The summed E-state index contributed by atoms with van der Waals surface area (Å²) in [6.07, 6.45) is 0. The highest BCUT2D eigenvalue weighted by Crippen LogP contribution is 2.16. The normalized spacial score (nSPS) is 10.3. The van der Waals surface area contributed by atoms with Gasteiger partial charge in [-0.3, -0.25) is 4.79 Å². The van der Waals surface area contributed by atoms with E-state index in [9.17, 15) is 9.90 Å². The molecule has 0 aliphatic rings. The van der Waals surface area contributed by atoms with Crippen LogP contribution in [-0.4, -0.2) is 11.0 Å². The first-order chi connectivity index (χ1) is 9.61. The second-order valence-corrected chi connectivity index (χ2v) is 5.48. The van der Waals surface area contributed by atoms with Crippen LogP contribution in [0.15, 0.2) is 46.9 Å². The molecule has 0 saturated heterocycles. The van der Waals surface area contributed by atoms with Crippen molar-refractivity contribution in [3.8, 4) is 0 Å². The number of hydrogen-bond donors (Lipinski definition) is 2. The Morgan fingerprint density at radius 2 is 1.90 bits per heavy atom. The van der Waals surface area contributed by atoms with Crippen molar-refractivity contribution >= 4 is 21.8 Å². The summed E-state index contributed by atoms with van der Waals surface area (Å²) in [7, 11) is 0. The molecule has 0 unspecified atom stereocenters. The van der Waals surface area contributed by atoms with E-state index in [0.29, 0.717) is 12.1 Å². The fourth-order valence-electron chi connectivity index (χ4n) is 2.04. The minimum atomic E-state index is -0.109. The monoisotopic (exact) mass is 333 g/mol. The van der Waals surface area contributed by atoms with E-state index in [1.54, 1.807) is 6.07 Å². The molecule has 2 N–H and O–H groups in total. The van der Waals surface area contributed by atoms with Crippen LogP contribution < -0.4 is 5.32 Å². The highest BCUT2D eigenvalue weighted by Gasteiger charge is 2.09. The summed E-state index contributed by atoms with van der Waals surface area (Å²) in [5.41, 5.74) is 3.35.